The normalized spacial score (nSPS) is 24.7. The molecule has 184 valence electrons. The van der Waals surface area contributed by atoms with Gasteiger partial charge in [0.25, 0.3) is 0 Å². The predicted octanol–water partition coefficient (Wildman–Crippen LogP) is 3.73. The van der Waals surface area contributed by atoms with Crippen LogP contribution in [0.3, 0.4) is 0 Å². The van der Waals surface area contributed by atoms with Gasteiger partial charge in [-0.3, -0.25) is 0 Å². The van der Waals surface area contributed by atoms with E-state index in [1.165, 1.54) is 23.6 Å². The Morgan fingerprint density at radius 3 is 2.67 bits per heavy atom. The molecule has 33 heavy (non-hydrogen) atoms. The maximum atomic E-state index is 13.6. The molecule has 1 aliphatic heterocycles. The average Bonchev–Trinajstić information content (AvgIpc) is 2.80. The molecule has 0 spiro atoms. The van der Waals surface area contributed by atoms with Crippen molar-refractivity contribution < 1.29 is 18.3 Å². The van der Waals surface area contributed by atoms with Crippen molar-refractivity contribution in [1.82, 2.24) is 9.21 Å². The second-order valence-corrected chi connectivity index (χ2v) is 11.6. The molecule has 1 aromatic rings. The van der Waals surface area contributed by atoms with Crippen LogP contribution in [0.15, 0.2) is 23.1 Å². The van der Waals surface area contributed by atoms with Crippen LogP contribution in [0.5, 0.6) is 5.75 Å². The second-order valence-electron chi connectivity index (χ2n) is 9.77. The maximum absolute atomic E-state index is 13.6. The van der Waals surface area contributed by atoms with Gasteiger partial charge in [-0.25, -0.2) is 8.42 Å². The average molecular weight is 477 g/mol. The molecule has 2 aliphatic rings. The molecule has 1 fully saturated rings. The summed E-state index contributed by atoms with van der Waals surface area (Å²) in [4.78, 5) is 2.38. The first-order valence-corrected chi connectivity index (χ1v) is 13.8. The highest BCUT2D eigenvalue weighted by atomic mass is 32.2. The van der Waals surface area contributed by atoms with E-state index in [0.717, 1.165) is 31.4 Å². The summed E-state index contributed by atoms with van der Waals surface area (Å²) < 4.78 is 35.0. The zero-order valence-electron chi connectivity index (χ0n) is 20.6. The van der Waals surface area contributed by atoms with Crippen molar-refractivity contribution in [2.24, 2.45) is 11.8 Å². The number of fused-ring (bicyclic) bond motifs is 1. The Labute approximate surface area is 200 Å². The topological polar surface area (TPSA) is 70.1 Å². The molecule has 3 atom stereocenters. The predicted molar refractivity (Wildman–Crippen MR) is 132 cm³/mol. The third kappa shape index (κ3) is 6.51. The van der Waals surface area contributed by atoms with Gasteiger partial charge >= 0.3 is 0 Å². The van der Waals surface area contributed by atoms with E-state index in [1.807, 2.05) is 6.92 Å². The van der Waals surface area contributed by atoms with Gasteiger partial charge < -0.3 is 14.7 Å². The summed E-state index contributed by atoms with van der Waals surface area (Å²) >= 11 is 0. The van der Waals surface area contributed by atoms with Crippen LogP contribution in [0.25, 0.3) is 0 Å². The van der Waals surface area contributed by atoms with Crippen LogP contribution in [-0.4, -0.2) is 68.2 Å². The zero-order chi connectivity index (χ0) is 24.0. The zero-order valence-corrected chi connectivity index (χ0v) is 21.4. The van der Waals surface area contributed by atoms with Crippen LogP contribution in [0, 0.1) is 23.7 Å². The van der Waals surface area contributed by atoms with E-state index >= 15 is 0 Å². The summed E-state index contributed by atoms with van der Waals surface area (Å²) in [6.45, 7) is 7.63. The van der Waals surface area contributed by atoms with Crippen LogP contribution >= 0.6 is 0 Å². The van der Waals surface area contributed by atoms with Crippen LogP contribution in [0.1, 0.15) is 64.9 Å². The molecule has 1 aromatic carbocycles. The molecule has 6 nitrogen and oxygen atoms in total. The molecule has 1 aliphatic carbocycles. The first-order valence-electron chi connectivity index (χ1n) is 12.4. The SMILES string of the molecule is CCCN(C)C[C@@H]1Oc2cc(C#CC3CCCCC3)ccc2S(=O)(=O)N([C@H](C)CO)C[C@H]1C. The third-order valence-electron chi connectivity index (χ3n) is 6.79. The minimum absolute atomic E-state index is 0.0433. The lowest BCUT2D eigenvalue weighted by molar-refractivity contribution is 0.0752. The number of ether oxygens (including phenoxy) is 1. The number of sulfonamides is 1. The molecule has 0 radical (unpaired) electrons. The van der Waals surface area contributed by atoms with E-state index in [9.17, 15) is 13.5 Å². The fourth-order valence-corrected chi connectivity index (χ4v) is 6.56. The molecular weight excluding hydrogens is 436 g/mol. The van der Waals surface area contributed by atoms with Gasteiger partial charge in [-0.2, -0.15) is 4.31 Å². The summed E-state index contributed by atoms with van der Waals surface area (Å²) in [5, 5.41) is 9.77. The number of aliphatic hydroxyl groups is 1. The first-order chi connectivity index (χ1) is 15.8. The number of hydrogen-bond donors (Lipinski definition) is 1. The van der Waals surface area contributed by atoms with Gasteiger partial charge in [0.1, 0.15) is 16.7 Å². The van der Waals surface area contributed by atoms with Gasteiger partial charge in [0, 0.05) is 36.5 Å². The van der Waals surface area contributed by atoms with Crippen molar-refractivity contribution in [3.05, 3.63) is 23.8 Å². The van der Waals surface area contributed by atoms with Crippen molar-refractivity contribution in [1.29, 1.82) is 0 Å². The van der Waals surface area contributed by atoms with Crippen LogP contribution in [0.2, 0.25) is 0 Å². The number of likely N-dealkylation sites (N-methyl/N-ethyl adjacent to an activating group) is 1. The Hall–Kier alpha value is -1.59. The van der Waals surface area contributed by atoms with Gasteiger partial charge in [-0.05, 0) is 58.0 Å². The van der Waals surface area contributed by atoms with Crippen molar-refractivity contribution in [3.63, 3.8) is 0 Å². The van der Waals surface area contributed by atoms with Crippen LogP contribution < -0.4 is 4.74 Å². The number of hydrogen-bond acceptors (Lipinski definition) is 5. The number of rotatable bonds is 6. The number of benzene rings is 1. The van der Waals surface area contributed by atoms with Gasteiger partial charge in [-0.1, -0.05) is 45.0 Å². The van der Waals surface area contributed by atoms with Gasteiger partial charge in [0.05, 0.1) is 6.61 Å². The summed E-state index contributed by atoms with van der Waals surface area (Å²) in [6.07, 6.45) is 6.89. The molecule has 0 unspecified atom stereocenters. The molecule has 1 N–H and O–H groups in total. The highest BCUT2D eigenvalue weighted by Crippen LogP contribution is 2.34. The molecule has 7 heteroatoms. The maximum Gasteiger partial charge on any atom is 0.247 e. The lowest BCUT2D eigenvalue weighted by Crippen LogP contribution is -2.49. The highest BCUT2D eigenvalue weighted by Gasteiger charge is 2.38. The second kappa shape index (κ2) is 11.7. The van der Waals surface area contributed by atoms with Crippen molar-refractivity contribution >= 4 is 10.0 Å². The van der Waals surface area contributed by atoms with Gasteiger partial charge in [0.15, 0.2) is 0 Å². The van der Waals surface area contributed by atoms with Gasteiger partial charge in [-0.15, -0.1) is 0 Å². The van der Waals surface area contributed by atoms with E-state index in [2.05, 4.69) is 30.7 Å². The van der Waals surface area contributed by atoms with Gasteiger partial charge in [0.2, 0.25) is 10.0 Å². The Morgan fingerprint density at radius 2 is 2.00 bits per heavy atom. The monoisotopic (exact) mass is 476 g/mol. The van der Waals surface area contributed by atoms with E-state index in [-0.39, 0.29) is 23.5 Å². The van der Waals surface area contributed by atoms with Crippen LogP contribution in [0.4, 0.5) is 0 Å². The third-order valence-corrected chi connectivity index (χ3v) is 8.81. The van der Waals surface area contributed by atoms with E-state index in [1.54, 1.807) is 25.1 Å². The molecule has 0 aromatic heterocycles. The fraction of sp³-hybridized carbons (Fsp3) is 0.692. The van der Waals surface area contributed by atoms with E-state index in [0.29, 0.717) is 24.8 Å². The van der Waals surface area contributed by atoms with Crippen molar-refractivity contribution in [2.45, 2.75) is 76.3 Å². The molecule has 0 amide bonds. The van der Waals surface area contributed by atoms with E-state index < -0.39 is 16.1 Å². The lowest BCUT2D eigenvalue weighted by Gasteiger charge is -2.37. The summed E-state index contributed by atoms with van der Waals surface area (Å²) in [5.74, 6) is 7.40. The first kappa shape index (κ1) is 26.0. The Kier molecular flexibility index (Phi) is 9.23. The van der Waals surface area contributed by atoms with E-state index in [4.69, 9.17) is 4.74 Å². The fourth-order valence-electron chi connectivity index (χ4n) is 4.73. The standard InChI is InChI=1S/C26H40N2O4S/c1-5-15-27(4)18-25-20(2)17-28(21(3)19-29)33(30,31)26-14-13-23(16-24(26)32-25)12-11-22-9-7-6-8-10-22/h13-14,16,20-22,25,29H,5-10,15,17-19H2,1-4H3/t20-,21-,25+/m1/s1. The summed E-state index contributed by atoms with van der Waals surface area (Å²) in [5.41, 5.74) is 0.783. The minimum Gasteiger partial charge on any atom is -0.487 e. The molecule has 0 saturated heterocycles. The quantitative estimate of drug-likeness (QED) is 0.634. The van der Waals surface area contributed by atoms with Crippen molar-refractivity contribution in [3.8, 4) is 17.6 Å². The molecular formula is C26H40N2O4S. The van der Waals surface area contributed by atoms with Crippen LogP contribution in [-0.2, 0) is 10.0 Å². The summed E-state index contributed by atoms with van der Waals surface area (Å²) in [6, 6.07) is 4.68. The number of nitrogens with zero attached hydrogens (tertiary/aromatic N) is 2. The Bertz CT molecular complexity index is 947. The van der Waals surface area contributed by atoms with Crippen molar-refractivity contribution in [2.75, 3.05) is 33.3 Å². The summed E-state index contributed by atoms with van der Waals surface area (Å²) in [7, 11) is -1.75. The minimum atomic E-state index is -3.81. The molecule has 1 saturated carbocycles. The molecule has 1 heterocycles. The Morgan fingerprint density at radius 1 is 1.27 bits per heavy atom. The molecule has 3 rings (SSSR count). The largest absolute Gasteiger partial charge is 0.487 e. The molecule has 0 bridgehead atoms. The lowest BCUT2D eigenvalue weighted by atomic mass is 9.90. The number of aliphatic hydroxyl groups excluding tert-OH is 1. The smallest absolute Gasteiger partial charge is 0.247 e. The highest BCUT2D eigenvalue weighted by molar-refractivity contribution is 7.89. The Balaban J connectivity index is 1.99.